The van der Waals surface area contributed by atoms with Crippen molar-refractivity contribution in [2.75, 3.05) is 13.1 Å². The first-order chi connectivity index (χ1) is 12.0. The molecule has 0 radical (unpaired) electrons. The van der Waals surface area contributed by atoms with E-state index in [9.17, 15) is 0 Å². The maximum absolute atomic E-state index is 5.69. The van der Waals surface area contributed by atoms with Crippen LogP contribution < -0.4 is 0 Å². The largest absolute Gasteiger partial charge is 0.449 e. The van der Waals surface area contributed by atoms with Crippen LogP contribution in [0.25, 0.3) is 0 Å². The zero-order valence-corrected chi connectivity index (χ0v) is 15.5. The topological polar surface area (TPSA) is 68.2 Å². The van der Waals surface area contributed by atoms with Crippen molar-refractivity contribution in [1.29, 1.82) is 0 Å². The molecule has 136 valence electrons. The molecule has 6 heteroatoms. The second-order valence-electron chi connectivity index (χ2n) is 8.62. The lowest BCUT2D eigenvalue weighted by Crippen LogP contribution is -2.34. The van der Waals surface area contributed by atoms with Gasteiger partial charge in [0.1, 0.15) is 6.26 Å². The van der Waals surface area contributed by atoms with Gasteiger partial charge in [0.2, 0.25) is 5.89 Å². The zero-order valence-electron chi connectivity index (χ0n) is 15.5. The Morgan fingerprint density at radius 3 is 2.52 bits per heavy atom. The molecule has 0 unspecified atom stereocenters. The molecule has 1 aliphatic carbocycles. The molecule has 0 spiro atoms. The molecule has 0 amide bonds. The third-order valence-electron chi connectivity index (χ3n) is 5.27. The van der Waals surface area contributed by atoms with Crippen LogP contribution in [0.5, 0.6) is 0 Å². The van der Waals surface area contributed by atoms with Crippen LogP contribution in [0.1, 0.15) is 75.7 Å². The standard InChI is InChI=1S/C19H28N4O2/c1-19(2,3)15-12-24-17(20-15)10-13-6-8-23(9-7-13)11-16-21-18(25-22-16)14-4-5-14/h12-14H,4-11H2,1-3H3. The van der Waals surface area contributed by atoms with E-state index in [-0.39, 0.29) is 5.41 Å². The van der Waals surface area contributed by atoms with Crippen molar-refractivity contribution in [3.8, 4) is 0 Å². The summed E-state index contributed by atoms with van der Waals surface area (Å²) in [6.45, 7) is 9.45. The van der Waals surface area contributed by atoms with Crippen LogP contribution >= 0.6 is 0 Å². The fourth-order valence-corrected chi connectivity index (χ4v) is 3.37. The molecule has 2 aliphatic rings. The quantitative estimate of drug-likeness (QED) is 0.824. The highest BCUT2D eigenvalue weighted by atomic mass is 16.5. The smallest absolute Gasteiger partial charge is 0.229 e. The minimum absolute atomic E-state index is 0.0506. The Kier molecular flexibility index (Phi) is 4.40. The third kappa shape index (κ3) is 4.11. The summed E-state index contributed by atoms with van der Waals surface area (Å²) in [6, 6.07) is 0. The van der Waals surface area contributed by atoms with E-state index in [1.807, 2.05) is 6.26 Å². The molecule has 0 atom stereocenters. The van der Waals surface area contributed by atoms with E-state index in [0.29, 0.717) is 11.8 Å². The molecule has 0 bridgehead atoms. The summed E-state index contributed by atoms with van der Waals surface area (Å²) in [5, 5.41) is 4.13. The summed E-state index contributed by atoms with van der Waals surface area (Å²) in [5.74, 6) is 3.74. The molecule has 1 saturated heterocycles. The van der Waals surface area contributed by atoms with Crippen LogP contribution in [-0.2, 0) is 18.4 Å². The van der Waals surface area contributed by atoms with Crippen LogP contribution in [0.4, 0.5) is 0 Å². The first-order valence-corrected chi connectivity index (χ1v) is 9.47. The second-order valence-corrected chi connectivity index (χ2v) is 8.62. The monoisotopic (exact) mass is 344 g/mol. The first-order valence-electron chi connectivity index (χ1n) is 9.47. The Morgan fingerprint density at radius 2 is 1.88 bits per heavy atom. The summed E-state index contributed by atoms with van der Waals surface area (Å²) < 4.78 is 11.0. The normalized spacial score (nSPS) is 20.3. The van der Waals surface area contributed by atoms with E-state index in [2.05, 4.69) is 40.8 Å². The van der Waals surface area contributed by atoms with Gasteiger partial charge in [-0.05, 0) is 44.7 Å². The highest BCUT2D eigenvalue weighted by Crippen LogP contribution is 2.38. The van der Waals surface area contributed by atoms with Gasteiger partial charge in [-0.25, -0.2) is 4.98 Å². The lowest BCUT2D eigenvalue weighted by molar-refractivity contribution is 0.167. The van der Waals surface area contributed by atoms with Gasteiger partial charge in [-0.2, -0.15) is 4.98 Å². The fourth-order valence-electron chi connectivity index (χ4n) is 3.37. The Bertz CT molecular complexity index is 703. The molecular weight excluding hydrogens is 316 g/mol. The molecular formula is C19H28N4O2. The van der Waals surface area contributed by atoms with Crippen molar-refractivity contribution in [2.45, 2.75) is 70.8 Å². The van der Waals surface area contributed by atoms with E-state index < -0.39 is 0 Å². The number of piperidine rings is 1. The van der Waals surface area contributed by atoms with Gasteiger partial charge in [0.25, 0.3) is 0 Å². The summed E-state index contributed by atoms with van der Waals surface area (Å²) in [7, 11) is 0. The van der Waals surface area contributed by atoms with Crippen molar-refractivity contribution in [3.63, 3.8) is 0 Å². The van der Waals surface area contributed by atoms with Crippen LogP contribution in [0.3, 0.4) is 0 Å². The van der Waals surface area contributed by atoms with E-state index in [1.54, 1.807) is 0 Å². The van der Waals surface area contributed by atoms with Crippen LogP contribution in [-0.4, -0.2) is 33.1 Å². The Morgan fingerprint density at radius 1 is 1.12 bits per heavy atom. The number of rotatable bonds is 5. The molecule has 0 aromatic carbocycles. The maximum Gasteiger partial charge on any atom is 0.229 e. The minimum atomic E-state index is 0.0506. The summed E-state index contributed by atoms with van der Waals surface area (Å²) in [6.07, 6.45) is 7.49. The Labute approximate surface area is 149 Å². The van der Waals surface area contributed by atoms with E-state index in [1.165, 1.54) is 25.7 Å². The van der Waals surface area contributed by atoms with Gasteiger partial charge in [0, 0.05) is 17.8 Å². The number of likely N-dealkylation sites (tertiary alicyclic amines) is 1. The van der Waals surface area contributed by atoms with Gasteiger partial charge in [0.05, 0.1) is 12.2 Å². The summed E-state index contributed by atoms with van der Waals surface area (Å²) in [5.41, 5.74) is 1.10. The number of oxazole rings is 1. The number of nitrogens with zero attached hydrogens (tertiary/aromatic N) is 4. The average Bonchev–Trinajstić information content (AvgIpc) is 3.12. The molecule has 3 heterocycles. The Balaban J connectivity index is 1.25. The Hall–Kier alpha value is -1.69. The van der Waals surface area contributed by atoms with Crippen molar-refractivity contribution in [2.24, 2.45) is 5.92 Å². The molecule has 4 rings (SSSR count). The predicted octanol–water partition coefficient (Wildman–Crippen LogP) is 3.69. The maximum atomic E-state index is 5.69. The highest BCUT2D eigenvalue weighted by molar-refractivity contribution is 5.08. The molecule has 1 aliphatic heterocycles. The fraction of sp³-hybridized carbons (Fsp3) is 0.737. The van der Waals surface area contributed by atoms with Crippen LogP contribution in [0, 0.1) is 5.92 Å². The minimum Gasteiger partial charge on any atom is -0.449 e. The van der Waals surface area contributed by atoms with Crippen molar-refractivity contribution >= 4 is 0 Å². The van der Waals surface area contributed by atoms with Crippen molar-refractivity contribution in [1.82, 2.24) is 20.0 Å². The molecule has 0 N–H and O–H groups in total. The number of aromatic nitrogens is 3. The second kappa shape index (κ2) is 6.56. The van der Waals surface area contributed by atoms with E-state index >= 15 is 0 Å². The number of hydrogen-bond donors (Lipinski definition) is 0. The zero-order chi connectivity index (χ0) is 17.4. The van der Waals surface area contributed by atoms with Gasteiger partial charge >= 0.3 is 0 Å². The van der Waals surface area contributed by atoms with Gasteiger partial charge < -0.3 is 8.94 Å². The predicted molar refractivity (Wildman–Crippen MR) is 93.2 cm³/mol. The molecule has 25 heavy (non-hydrogen) atoms. The van der Waals surface area contributed by atoms with Gasteiger partial charge in [-0.15, -0.1) is 0 Å². The van der Waals surface area contributed by atoms with Crippen molar-refractivity contribution < 1.29 is 8.94 Å². The SMILES string of the molecule is CC(C)(C)c1coc(CC2CCN(Cc3noc(C4CC4)n3)CC2)n1. The van der Waals surface area contributed by atoms with Gasteiger partial charge in [-0.1, -0.05) is 25.9 Å². The third-order valence-corrected chi connectivity index (χ3v) is 5.27. The molecule has 2 aromatic rings. The average molecular weight is 344 g/mol. The van der Waals surface area contributed by atoms with Crippen LogP contribution in [0.2, 0.25) is 0 Å². The lowest BCUT2D eigenvalue weighted by Gasteiger charge is -2.30. The van der Waals surface area contributed by atoms with Crippen molar-refractivity contribution in [3.05, 3.63) is 29.6 Å². The lowest BCUT2D eigenvalue weighted by atomic mass is 9.92. The number of hydrogen-bond acceptors (Lipinski definition) is 6. The molecule has 2 fully saturated rings. The summed E-state index contributed by atoms with van der Waals surface area (Å²) in [4.78, 5) is 11.6. The highest BCUT2D eigenvalue weighted by Gasteiger charge is 2.30. The molecule has 1 saturated carbocycles. The van der Waals surface area contributed by atoms with Gasteiger partial charge in [-0.3, -0.25) is 4.90 Å². The molecule has 6 nitrogen and oxygen atoms in total. The molecule has 2 aromatic heterocycles. The van der Waals surface area contributed by atoms with E-state index in [4.69, 9.17) is 8.94 Å². The summed E-state index contributed by atoms with van der Waals surface area (Å²) >= 11 is 0. The van der Waals surface area contributed by atoms with E-state index in [0.717, 1.165) is 49.4 Å². The van der Waals surface area contributed by atoms with Crippen LogP contribution in [0.15, 0.2) is 15.2 Å². The first kappa shape index (κ1) is 16.8. The van der Waals surface area contributed by atoms with Gasteiger partial charge in [0.15, 0.2) is 11.7 Å².